The molecule has 1 unspecified atom stereocenters. The minimum absolute atomic E-state index is 0.0620. The summed E-state index contributed by atoms with van der Waals surface area (Å²) in [4.78, 5) is 38.8. The first-order valence-corrected chi connectivity index (χ1v) is 16.8. The van der Waals surface area contributed by atoms with Crippen molar-refractivity contribution in [3.8, 4) is 22.3 Å². The van der Waals surface area contributed by atoms with Gasteiger partial charge in [0.1, 0.15) is 6.67 Å². The quantitative estimate of drug-likeness (QED) is 0.140. The number of rotatable bonds is 10. The number of imidazole rings is 2. The van der Waals surface area contributed by atoms with Crippen LogP contribution in [-0.2, 0) is 20.3 Å². The van der Waals surface area contributed by atoms with Crippen molar-refractivity contribution in [3.63, 3.8) is 0 Å². The normalized spacial score (nSPS) is 12.0. The van der Waals surface area contributed by atoms with Crippen LogP contribution < -0.4 is 22.0 Å². The topological polar surface area (TPSA) is 115 Å². The maximum atomic E-state index is 13.6. The van der Waals surface area contributed by atoms with E-state index in [0.717, 1.165) is 44.7 Å². The molecule has 1 atom stereocenters. The van der Waals surface area contributed by atoms with Gasteiger partial charge in [0.15, 0.2) is 0 Å². The summed E-state index contributed by atoms with van der Waals surface area (Å²) >= 11 is 0. The van der Waals surface area contributed by atoms with Crippen molar-refractivity contribution in [1.29, 1.82) is 0 Å². The third-order valence-corrected chi connectivity index (χ3v) is 9.37. The summed E-state index contributed by atoms with van der Waals surface area (Å²) in [5.41, 5.74) is 10.3. The van der Waals surface area contributed by atoms with Crippen LogP contribution in [0.1, 0.15) is 24.1 Å². The van der Waals surface area contributed by atoms with Gasteiger partial charge >= 0.3 is 11.4 Å². The number of hydrogen-bond acceptors (Lipinski definition) is 6. The Kier molecular flexibility index (Phi) is 8.25. The summed E-state index contributed by atoms with van der Waals surface area (Å²) in [5.74, 6) is 0. The average molecular weight is 673 g/mol. The summed E-state index contributed by atoms with van der Waals surface area (Å²) in [6, 6.07) is 36.4. The fourth-order valence-corrected chi connectivity index (χ4v) is 6.59. The van der Waals surface area contributed by atoms with Crippen LogP contribution >= 0.6 is 0 Å². The van der Waals surface area contributed by atoms with Crippen molar-refractivity contribution < 1.29 is 0 Å². The second-order valence-corrected chi connectivity index (χ2v) is 12.7. The van der Waals surface area contributed by atoms with E-state index in [2.05, 4.69) is 62.8 Å². The van der Waals surface area contributed by atoms with Gasteiger partial charge in [-0.2, -0.15) is 0 Å². The van der Waals surface area contributed by atoms with Crippen molar-refractivity contribution in [2.45, 2.75) is 26.2 Å². The number of anilines is 2. The van der Waals surface area contributed by atoms with E-state index in [9.17, 15) is 9.59 Å². The van der Waals surface area contributed by atoms with Gasteiger partial charge in [-0.05, 0) is 65.6 Å². The monoisotopic (exact) mass is 672 g/mol. The van der Waals surface area contributed by atoms with E-state index in [0.29, 0.717) is 17.6 Å². The number of H-pyrrole nitrogens is 1. The van der Waals surface area contributed by atoms with Gasteiger partial charge in [0.25, 0.3) is 0 Å². The minimum atomic E-state index is -0.292. The lowest BCUT2D eigenvalue weighted by atomic mass is 10.1. The first-order chi connectivity index (χ1) is 24.9. The number of aromatic nitrogens is 6. The molecule has 0 saturated heterocycles. The Morgan fingerprint density at radius 1 is 0.667 bits per heavy atom. The van der Waals surface area contributed by atoms with E-state index >= 15 is 0 Å². The van der Waals surface area contributed by atoms with Crippen LogP contribution in [0.15, 0.2) is 144 Å². The molecule has 0 spiro atoms. The molecule has 4 heterocycles. The molecule has 0 aliphatic rings. The van der Waals surface area contributed by atoms with Crippen molar-refractivity contribution in [2.75, 3.05) is 10.6 Å². The van der Waals surface area contributed by atoms with Crippen LogP contribution in [0, 0.1) is 0 Å². The zero-order valence-electron chi connectivity index (χ0n) is 28.2. The SMILES string of the molecule is CC(Nc1cncc(-c2ccc3c(c2)n(C)c(=O)n3Cn2c(=O)[nH]c3cc(-c4cncc(NCc5ccccc5)c4)ccc32)c1)c1ccccc1. The molecule has 0 fully saturated rings. The molecule has 10 heteroatoms. The van der Waals surface area contributed by atoms with Gasteiger partial charge in [-0.3, -0.25) is 23.7 Å². The van der Waals surface area contributed by atoms with E-state index in [1.807, 2.05) is 97.5 Å². The van der Waals surface area contributed by atoms with E-state index in [1.165, 1.54) is 11.1 Å². The second kappa shape index (κ2) is 13.3. The highest BCUT2D eigenvalue weighted by atomic mass is 16.2. The van der Waals surface area contributed by atoms with Crippen LogP contribution in [0.3, 0.4) is 0 Å². The minimum Gasteiger partial charge on any atom is -0.380 e. The Morgan fingerprint density at radius 2 is 1.31 bits per heavy atom. The van der Waals surface area contributed by atoms with E-state index < -0.39 is 0 Å². The summed E-state index contributed by atoms with van der Waals surface area (Å²) in [6.45, 7) is 2.87. The summed E-state index contributed by atoms with van der Waals surface area (Å²) in [6.07, 6.45) is 7.24. The van der Waals surface area contributed by atoms with E-state index in [4.69, 9.17) is 0 Å². The van der Waals surface area contributed by atoms with Crippen molar-refractivity contribution in [2.24, 2.45) is 7.05 Å². The highest BCUT2D eigenvalue weighted by molar-refractivity contribution is 5.84. The molecule has 10 nitrogen and oxygen atoms in total. The Bertz CT molecular complexity index is 2620. The summed E-state index contributed by atoms with van der Waals surface area (Å²) < 4.78 is 4.85. The fourth-order valence-electron chi connectivity index (χ4n) is 6.59. The number of pyridine rings is 2. The Balaban J connectivity index is 1.05. The van der Waals surface area contributed by atoms with Crippen molar-refractivity contribution in [3.05, 3.63) is 166 Å². The summed E-state index contributed by atoms with van der Waals surface area (Å²) in [7, 11) is 1.75. The predicted molar refractivity (Wildman–Crippen MR) is 204 cm³/mol. The molecule has 0 radical (unpaired) electrons. The number of nitrogens with zero attached hydrogens (tertiary/aromatic N) is 5. The fraction of sp³-hybridized carbons (Fsp3) is 0.122. The van der Waals surface area contributed by atoms with Gasteiger partial charge in [0.05, 0.1) is 33.4 Å². The molecule has 4 aromatic carbocycles. The van der Waals surface area contributed by atoms with Gasteiger partial charge in [-0.25, -0.2) is 9.59 Å². The van der Waals surface area contributed by atoms with Crippen molar-refractivity contribution >= 4 is 33.4 Å². The molecule has 3 N–H and O–H groups in total. The number of hydrogen-bond donors (Lipinski definition) is 3. The maximum Gasteiger partial charge on any atom is 0.330 e. The van der Waals surface area contributed by atoms with Crippen LogP contribution in [0.5, 0.6) is 0 Å². The number of fused-ring (bicyclic) bond motifs is 2. The Labute approximate surface area is 293 Å². The van der Waals surface area contributed by atoms with Crippen molar-refractivity contribution in [1.82, 2.24) is 28.7 Å². The highest BCUT2D eigenvalue weighted by Gasteiger charge is 2.16. The average Bonchev–Trinajstić information content (AvgIpc) is 3.61. The summed E-state index contributed by atoms with van der Waals surface area (Å²) in [5, 5.41) is 6.97. The molecule has 0 aliphatic heterocycles. The largest absolute Gasteiger partial charge is 0.380 e. The first-order valence-electron chi connectivity index (χ1n) is 16.8. The third-order valence-electron chi connectivity index (χ3n) is 9.37. The maximum absolute atomic E-state index is 13.6. The number of benzene rings is 4. The molecular weight excluding hydrogens is 637 g/mol. The predicted octanol–water partition coefficient (Wildman–Crippen LogP) is 7.40. The standard InChI is InChI=1S/C41H36N8O2/c1-27(29-11-7-4-8-12-29)45-35-18-33(23-43-25-35)31-14-16-38-39(20-31)47(2)41(51)49(38)26-48-37-15-13-30(19-36(37)46-40(48)50)32-17-34(24-42-22-32)44-21-28-9-5-3-6-10-28/h3-20,22-25,27,44-45H,21,26H2,1-2H3,(H,46,50). The molecule has 4 aromatic heterocycles. The van der Waals surface area contributed by atoms with Crippen LogP contribution in [0.25, 0.3) is 44.3 Å². The third kappa shape index (κ3) is 6.30. The Morgan fingerprint density at radius 3 is 2.06 bits per heavy atom. The van der Waals surface area contributed by atoms with Gasteiger partial charge in [-0.15, -0.1) is 0 Å². The van der Waals surface area contributed by atoms with Crippen LogP contribution in [-0.4, -0.2) is 28.7 Å². The van der Waals surface area contributed by atoms with Gasteiger partial charge < -0.3 is 15.6 Å². The zero-order valence-corrected chi connectivity index (χ0v) is 28.2. The lowest BCUT2D eigenvalue weighted by Crippen LogP contribution is -2.29. The molecule has 252 valence electrons. The van der Waals surface area contributed by atoms with E-state index in [1.54, 1.807) is 26.9 Å². The molecule has 0 amide bonds. The molecule has 0 aliphatic carbocycles. The lowest BCUT2D eigenvalue weighted by molar-refractivity contribution is 0.590. The smallest absolute Gasteiger partial charge is 0.330 e. The Hall–Kier alpha value is -6.68. The lowest BCUT2D eigenvalue weighted by Gasteiger charge is -2.16. The highest BCUT2D eigenvalue weighted by Crippen LogP contribution is 2.28. The molecule has 0 bridgehead atoms. The molecule has 8 rings (SSSR count). The zero-order chi connectivity index (χ0) is 34.9. The number of nitrogens with one attached hydrogen (secondary N) is 3. The van der Waals surface area contributed by atoms with Gasteiger partial charge in [-0.1, -0.05) is 72.8 Å². The first kappa shape index (κ1) is 31.6. The van der Waals surface area contributed by atoms with Crippen LogP contribution in [0.2, 0.25) is 0 Å². The van der Waals surface area contributed by atoms with E-state index in [-0.39, 0.29) is 24.1 Å². The van der Waals surface area contributed by atoms with Crippen LogP contribution in [0.4, 0.5) is 11.4 Å². The number of aromatic amines is 1. The molecule has 51 heavy (non-hydrogen) atoms. The number of aryl methyl sites for hydroxylation is 1. The molecule has 0 saturated carbocycles. The second-order valence-electron chi connectivity index (χ2n) is 12.7. The van der Waals surface area contributed by atoms with Gasteiger partial charge in [0.2, 0.25) is 0 Å². The van der Waals surface area contributed by atoms with Gasteiger partial charge in [0, 0.05) is 55.5 Å². The molecular formula is C41H36N8O2. The molecule has 8 aromatic rings.